The maximum absolute atomic E-state index is 11.7. The van der Waals surface area contributed by atoms with Gasteiger partial charge in [0, 0.05) is 0 Å². The number of nitrogens with one attached hydrogen (secondary N) is 1. The molecule has 1 amide bonds. The molecule has 0 rings (SSSR count). The zero-order valence-corrected chi connectivity index (χ0v) is 10.6. The van der Waals surface area contributed by atoms with Gasteiger partial charge in [-0.05, 0) is 11.8 Å². The Balaban J connectivity index is 4.35. The molecule has 16 heavy (non-hydrogen) atoms. The number of hydrogen-bond donors (Lipinski definition) is 2. The molecule has 4 atom stereocenters. The summed E-state index contributed by atoms with van der Waals surface area (Å²) in [6, 6.07) is -1.10. The zero-order chi connectivity index (χ0) is 12.7. The van der Waals surface area contributed by atoms with E-state index in [9.17, 15) is 9.59 Å². The maximum Gasteiger partial charge on any atom is 0.237 e. The van der Waals surface area contributed by atoms with Crippen LogP contribution in [-0.2, 0) is 9.59 Å². The lowest BCUT2D eigenvalue weighted by Gasteiger charge is -2.22. The Morgan fingerprint density at radius 2 is 1.75 bits per heavy atom. The quantitative estimate of drug-likeness (QED) is 0.681. The summed E-state index contributed by atoms with van der Waals surface area (Å²) in [4.78, 5) is 22.4. The third-order valence-corrected chi connectivity index (χ3v) is 3.20. The Kier molecular flexibility index (Phi) is 6.97. The average Bonchev–Trinajstić information content (AvgIpc) is 2.32. The van der Waals surface area contributed by atoms with Crippen LogP contribution in [-0.4, -0.2) is 24.3 Å². The van der Waals surface area contributed by atoms with Crippen molar-refractivity contribution in [2.75, 3.05) is 0 Å². The molecule has 0 aromatic carbocycles. The van der Waals surface area contributed by atoms with Crippen LogP contribution < -0.4 is 11.1 Å². The molecule has 0 aromatic heterocycles. The molecule has 0 saturated heterocycles. The number of hydrogen-bond acceptors (Lipinski definition) is 3. The van der Waals surface area contributed by atoms with Gasteiger partial charge in [0.2, 0.25) is 12.2 Å². The summed E-state index contributed by atoms with van der Waals surface area (Å²) < 4.78 is 0. The van der Waals surface area contributed by atoms with Gasteiger partial charge in [0.15, 0.2) is 0 Å². The topological polar surface area (TPSA) is 72.2 Å². The Morgan fingerprint density at radius 3 is 2.12 bits per heavy atom. The van der Waals surface area contributed by atoms with Gasteiger partial charge in [-0.15, -0.1) is 0 Å². The van der Waals surface area contributed by atoms with Gasteiger partial charge in [0.05, 0.1) is 12.1 Å². The molecule has 0 spiro atoms. The summed E-state index contributed by atoms with van der Waals surface area (Å²) in [5.41, 5.74) is 5.77. The average molecular weight is 227 g/mol. The Bertz CT molecular complexity index is 231. The standard InChI is InChI=1S/C12H23N2O2/c1-5-8(3)10(7-15)14-12(16)11(13)9(4)6-2/h8-11H,5-6,13H2,1-4H3,(H,14,16)/t8?,9?,10-,11+/m1/s1. The molecule has 0 bridgehead atoms. The summed E-state index contributed by atoms with van der Waals surface area (Å²) in [6.45, 7) is 7.78. The highest BCUT2D eigenvalue weighted by Crippen LogP contribution is 2.08. The Labute approximate surface area is 98.0 Å². The van der Waals surface area contributed by atoms with Gasteiger partial charge in [-0.25, -0.2) is 0 Å². The monoisotopic (exact) mass is 227 g/mol. The van der Waals surface area contributed by atoms with E-state index in [-0.39, 0.29) is 17.7 Å². The van der Waals surface area contributed by atoms with E-state index >= 15 is 0 Å². The molecule has 0 heterocycles. The molecule has 1 radical (unpaired) electrons. The van der Waals surface area contributed by atoms with Crippen LogP contribution in [0.2, 0.25) is 0 Å². The fourth-order valence-electron chi connectivity index (χ4n) is 1.29. The molecule has 93 valence electrons. The first kappa shape index (κ1) is 15.1. The number of carbonyl (C=O) groups is 1. The van der Waals surface area contributed by atoms with E-state index in [2.05, 4.69) is 5.32 Å². The fourth-order valence-corrected chi connectivity index (χ4v) is 1.29. The van der Waals surface area contributed by atoms with Gasteiger partial charge >= 0.3 is 0 Å². The molecule has 4 heteroatoms. The van der Waals surface area contributed by atoms with Gasteiger partial charge in [-0.1, -0.05) is 40.5 Å². The lowest BCUT2D eigenvalue weighted by Crippen LogP contribution is -2.50. The molecule has 0 fully saturated rings. The van der Waals surface area contributed by atoms with Crippen LogP contribution in [0.3, 0.4) is 0 Å². The lowest BCUT2D eigenvalue weighted by atomic mass is 9.97. The zero-order valence-electron chi connectivity index (χ0n) is 10.6. The number of rotatable bonds is 7. The fraction of sp³-hybridized carbons (Fsp3) is 0.833. The van der Waals surface area contributed by atoms with Crippen molar-refractivity contribution in [3.63, 3.8) is 0 Å². The van der Waals surface area contributed by atoms with E-state index in [1.54, 1.807) is 0 Å². The van der Waals surface area contributed by atoms with Gasteiger partial charge < -0.3 is 11.1 Å². The van der Waals surface area contributed by atoms with Crippen LogP contribution in [0.25, 0.3) is 0 Å². The van der Waals surface area contributed by atoms with E-state index in [4.69, 9.17) is 5.73 Å². The number of carbonyl (C=O) groups excluding carboxylic acids is 2. The van der Waals surface area contributed by atoms with Crippen molar-refractivity contribution in [1.29, 1.82) is 0 Å². The highest BCUT2D eigenvalue weighted by molar-refractivity contribution is 5.84. The third-order valence-electron chi connectivity index (χ3n) is 3.20. The molecule has 0 saturated carbocycles. The molecule has 0 aliphatic rings. The van der Waals surface area contributed by atoms with Crippen LogP contribution in [0.15, 0.2) is 0 Å². The minimum atomic E-state index is -0.551. The first-order chi connectivity index (χ1) is 7.47. The molecule has 0 aromatic rings. The van der Waals surface area contributed by atoms with Crippen molar-refractivity contribution in [2.45, 2.75) is 52.6 Å². The normalized spacial score (nSPS) is 18.3. The first-order valence-electron chi connectivity index (χ1n) is 5.91. The largest absolute Gasteiger partial charge is 0.344 e. The predicted molar refractivity (Wildman–Crippen MR) is 64.5 cm³/mol. The second-order valence-corrected chi connectivity index (χ2v) is 4.40. The molecule has 2 unspecified atom stereocenters. The Morgan fingerprint density at radius 1 is 1.25 bits per heavy atom. The van der Waals surface area contributed by atoms with Crippen molar-refractivity contribution in [2.24, 2.45) is 17.6 Å². The van der Waals surface area contributed by atoms with Gasteiger partial charge in [-0.2, -0.15) is 0 Å². The van der Waals surface area contributed by atoms with Gasteiger partial charge in [0.25, 0.3) is 0 Å². The molecule has 4 nitrogen and oxygen atoms in total. The van der Waals surface area contributed by atoms with Crippen LogP contribution in [0.5, 0.6) is 0 Å². The minimum Gasteiger partial charge on any atom is -0.344 e. The maximum atomic E-state index is 11.7. The van der Waals surface area contributed by atoms with E-state index in [1.807, 2.05) is 34.0 Å². The number of amides is 1. The summed E-state index contributed by atoms with van der Waals surface area (Å²) in [5.74, 6) is -0.0576. The summed E-state index contributed by atoms with van der Waals surface area (Å²) in [6.07, 6.45) is 3.52. The first-order valence-corrected chi connectivity index (χ1v) is 5.91. The molecule has 0 aliphatic carbocycles. The van der Waals surface area contributed by atoms with Crippen LogP contribution in [0.1, 0.15) is 40.5 Å². The SMILES string of the molecule is CCC(C)[C@H](N)C(=O)N[C@H]([C]=O)C(C)CC. The predicted octanol–water partition coefficient (Wildman–Crippen LogP) is 1.00. The van der Waals surface area contributed by atoms with Gasteiger partial charge in [-0.3, -0.25) is 9.59 Å². The van der Waals surface area contributed by atoms with Gasteiger partial charge in [0.1, 0.15) is 0 Å². The number of nitrogens with two attached hydrogens (primary N) is 1. The third kappa shape index (κ3) is 4.31. The second kappa shape index (κ2) is 7.39. The smallest absolute Gasteiger partial charge is 0.237 e. The van der Waals surface area contributed by atoms with Crippen molar-refractivity contribution in [3.8, 4) is 0 Å². The Hall–Kier alpha value is -0.900. The molecular weight excluding hydrogens is 204 g/mol. The summed E-state index contributed by atoms with van der Waals surface area (Å²) in [5, 5.41) is 2.64. The van der Waals surface area contributed by atoms with Crippen molar-refractivity contribution < 1.29 is 9.59 Å². The molecule has 0 aliphatic heterocycles. The van der Waals surface area contributed by atoms with E-state index < -0.39 is 12.1 Å². The van der Waals surface area contributed by atoms with Crippen molar-refractivity contribution in [1.82, 2.24) is 5.32 Å². The summed E-state index contributed by atoms with van der Waals surface area (Å²) >= 11 is 0. The summed E-state index contributed by atoms with van der Waals surface area (Å²) in [7, 11) is 0. The molecular formula is C12H23N2O2. The van der Waals surface area contributed by atoms with Crippen molar-refractivity contribution in [3.05, 3.63) is 0 Å². The van der Waals surface area contributed by atoms with E-state index in [0.29, 0.717) is 0 Å². The molecule has 3 N–H and O–H groups in total. The van der Waals surface area contributed by atoms with Crippen LogP contribution >= 0.6 is 0 Å². The van der Waals surface area contributed by atoms with Crippen LogP contribution in [0.4, 0.5) is 0 Å². The van der Waals surface area contributed by atoms with E-state index in [1.165, 1.54) is 0 Å². The highest BCUT2D eigenvalue weighted by atomic mass is 16.2. The lowest BCUT2D eigenvalue weighted by molar-refractivity contribution is -0.124. The second-order valence-electron chi connectivity index (χ2n) is 4.40. The van der Waals surface area contributed by atoms with Crippen LogP contribution in [0, 0.1) is 11.8 Å². The van der Waals surface area contributed by atoms with E-state index in [0.717, 1.165) is 12.8 Å². The van der Waals surface area contributed by atoms with Crippen molar-refractivity contribution >= 4 is 12.2 Å². The minimum absolute atomic E-state index is 0.0885. The highest BCUT2D eigenvalue weighted by Gasteiger charge is 2.24.